The lowest BCUT2D eigenvalue weighted by Crippen LogP contribution is -1.99. The van der Waals surface area contributed by atoms with Crippen LogP contribution >= 0.6 is 0 Å². The molecule has 3 heteroatoms. The maximum atomic E-state index is 10.3. The number of carboxylic acids is 1. The van der Waals surface area contributed by atoms with Crippen LogP contribution in [0, 0.1) is 0 Å². The van der Waals surface area contributed by atoms with Crippen LogP contribution in [0.3, 0.4) is 0 Å². The third-order valence-corrected chi connectivity index (χ3v) is 1.35. The van der Waals surface area contributed by atoms with E-state index in [-0.39, 0.29) is 0 Å². The van der Waals surface area contributed by atoms with Gasteiger partial charge in [0.25, 0.3) is 0 Å². The van der Waals surface area contributed by atoms with Gasteiger partial charge in [-0.15, -0.1) is 0 Å². The van der Waals surface area contributed by atoms with Gasteiger partial charge in [0, 0.05) is 17.7 Å². The molecule has 0 saturated heterocycles. The molecular weight excluding hydrogens is 142 g/mol. The van der Waals surface area contributed by atoms with Gasteiger partial charge in [0.2, 0.25) is 0 Å². The number of carbonyl (C=O) groups is 1. The van der Waals surface area contributed by atoms with Crippen LogP contribution in [-0.2, 0) is 4.79 Å². The fourth-order valence-electron chi connectivity index (χ4n) is 0.476. The largest absolute Gasteiger partial charge is 0.478 e. The van der Waals surface area contributed by atoms with Crippen molar-refractivity contribution in [3.05, 3.63) is 23.4 Å². The maximum Gasteiger partial charge on any atom is 0.330 e. The highest BCUT2D eigenvalue weighted by atomic mass is 16.4. The Hall–Kier alpha value is -1.25. The van der Waals surface area contributed by atoms with Gasteiger partial charge in [-0.1, -0.05) is 12.2 Å². The molecule has 0 bridgehead atoms. The zero-order valence-corrected chi connectivity index (χ0v) is 6.79. The molecule has 0 heterocycles. The van der Waals surface area contributed by atoms with Crippen LogP contribution in [0.5, 0.6) is 0 Å². The smallest absolute Gasteiger partial charge is 0.330 e. The van der Waals surface area contributed by atoms with Gasteiger partial charge < -0.3 is 10.8 Å². The summed E-state index contributed by atoms with van der Waals surface area (Å²) in [4.78, 5) is 10.3. The van der Waals surface area contributed by atoms with Crippen LogP contribution in [0.4, 0.5) is 0 Å². The van der Waals surface area contributed by atoms with Crippen molar-refractivity contribution in [2.75, 3.05) is 0 Å². The van der Waals surface area contributed by atoms with Crippen molar-refractivity contribution in [3.8, 4) is 0 Å². The van der Waals surface area contributed by atoms with Gasteiger partial charge in [-0.3, -0.25) is 0 Å². The number of hydrogen-bond acceptors (Lipinski definition) is 2. The van der Waals surface area contributed by atoms with Crippen molar-refractivity contribution < 1.29 is 9.90 Å². The van der Waals surface area contributed by atoms with Crippen LogP contribution in [0.15, 0.2) is 23.4 Å². The van der Waals surface area contributed by atoms with Gasteiger partial charge in [-0.25, -0.2) is 4.79 Å². The van der Waals surface area contributed by atoms with E-state index < -0.39 is 5.97 Å². The fourth-order valence-corrected chi connectivity index (χ4v) is 0.476. The summed E-state index contributed by atoms with van der Waals surface area (Å²) in [6, 6.07) is 0. The third-order valence-electron chi connectivity index (χ3n) is 1.35. The molecule has 3 N–H and O–H groups in total. The molecule has 0 aliphatic rings. The van der Waals surface area contributed by atoms with E-state index in [0.717, 1.165) is 0 Å². The first-order valence-corrected chi connectivity index (χ1v) is 3.38. The topological polar surface area (TPSA) is 63.3 Å². The first-order chi connectivity index (χ1) is 5.07. The number of hydrogen-bond donors (Lipinski definition) is 2. The van der Waals surface area contributed by atoms with Gasteiger partial charge in [0.15, 0.2) is 0 Å². The minimum absolute atomic E-state index is 0.329. The molecule has 0 aliphatic carbocycles. The van der Waals surface area contributed by atoms with Crippen molar-refractivity contribution >= 4 is 5.97 Å². The predicted molar refractivity (Wildman–Crippen MR) is 44.0 cm³/mol. The van der Waals surface area contributed by atoms with E-state index >= 15 is 0 Å². The maximum absolute atomic E-state index is 10.3. The molecule has 0 saturated carbocycles. The highest BCUT2D eigenvalue weighted by Gasteiger charge is 1.97. The number of nitrogens with two attached hydrogens (primary N) is 1. The SMILES string of the molecule is CC=C(N)CC=C(C)C(=O)O. The van der Waals surface area contributed by atoms with Gasteiger partial charge in [0.05, 0.1) is 0 Å². The lowest BCUT2D eigenvalue weighted by molar-refractivity contribution is -0.132. The molecule has 0 amide bonds. The summed E-state index contributed by atoms with van der Waals surface area (Å²) in [5.74, 6) is -0.895. The van der Waals surface area contributed by atoms with Crippen molar-refractivity contribution in [2.45, 2.75) is 20.3 Å². The summed E-state index contributed by atoms with van der Waals surface area (Å²) < 4.78 is 0. The molecule has 0 aromatic heterocycles. The van der Waals surface area contributed by atoms with Crippen molar-refractivity contribution in [3.63, 3.8) is 0 Å². The molecular formula is C8H13NO2. The number of carboxylic acid groups (broad SMARTS) is 1. The lowest BCUT2D eigenvalue weighted by Gasteiger charge is -1.94. The Kier molecular flexibility index (Phi) is 4.03. The molecule has 0 aromatic rings. The minimum Gasteiger partial charge on any atom is -0.478 e. The highest BCUT2D eigenvalue weighted by molar-refractivity contribution is 5.85. The number of aliphatic carboxylic acids is 1. The average molecular weight is 155 g/mol. The summed E-state index contributed by atoms with van der Waals surface area (Å²) in [6.07, 6.45) is 3.86. The van der Waals surface area contributed by atoms with E-state index in [9.17, 15) is 4.79 Å². The Balaban J connectivity index is 4.03. The molecule has 0 spiro atoms. The Morgan fingerprint density at radius 1 is 1.64 bits per heavy atom. The molecule has 62 valence electrons. The second-order valence-electron chi connectivity index (χ2n) is 2.26. The van der Waals surface area contributed by atoms with E-state index in [1.165, 1.54) is 0 Å². The zero-order valence-electron chi connectivity index (χ0n) is 6.79. The van der Waals surface area contributed by atoms with Gasteiger partial charge in [-0.2, -0.15) is 0 Å². The molecule has 3 nitrogen and oxygen atoms in total. The zero-order chi connectivity index (χ0) is 8.85. The lowest BCUT2D eigenvalue weighted by atomic mass is 10.2. The number of rotatable bonds is 3. The van der Waals surface area contributed by atoms with Crippen LogP contribution in [0.2, 0.25) is 0 Å². The van der Waals surface area contributed by atoms with Gasteiger partial charge in [-0.05, 0) is 13.8 Å². The van der Waals surface area contributed by atoms with Gasteiger partial charge >= 0.3 is 5.97 Å². The summed E-state index contributed by atoms with van der Waals surface area (Å²) in [5.41, 5.74) is 6.46. The Labute approximate surface area is 66.2 Å². The Morgan fingerprint density at radius 2 is 2.18 bits per heavy atom. The molecule has 0 radical (unpaired) electrons. The predicted octanol–water partition coefficient (Wildman–Crippen LogP) is 1.27. The van der Waals surface area contributed by atoms with Crippen LogP contribution in [0.1, 0.15) is 20.3 Å². The summed E-state index contributed by atoms with van der Waals surface area (Å²) in [7, 11) is 0. The van der Waals surface area contributed by atoms with E-state index in [2.05, 4.69) is 0 Å². The van der Waals surface area contributed by atoms with E-state index in [1.54, 1.807) is 19.1 Å². The summed E-state index contributed by atoms with van der Waals surface area (Å²) in [5, 5.41) is 8.44. The fraction of sp³-hybridized carbons (Fsp3) is 0.375. The first-order valence-electron chi connectivity index (χ1n) is 3.38. The van der Waals surface area contributed by atoms with Crippen LogP contribution in [-0.4, -0.2) is 11.1 Å². The van der Waals surface area contributed by atoms with E-state index in [4.69, 9.17) is 10.8 Å². The monoisotopic (exact) mass is 155 g/mol. The van der Waals surface area contributed by atoms with Crippen LogP contribution < -0.4 is 5.73 Å². The summed E-state index contributed by atoms with van der Waals surface area (Å²) in [6.45, 7) is 3.37. The van der Waals surface area contributed by atoms with E-state index in [1.807, 2.05) is 6.92 Å². The Bertz CT molecular complexity index is 204. The molecule has 0 unspecified atom stereocenters. The average Bonchev–Trinajstić information content (AvgIpc) is 1.99. The van der Waals surface area contributed by atoms with E-state index in [0.29, 0.717) is 17.7 Å². The standard InChI is InChI=1S/C8H13NO2/c1-3-7(9)5-4-6(2)8(10)11/h3-4H,5,9H2,1-2H3,(H,10,11). The van der Waals surface area contributed by atoms with Crippen molar-refractivity contribution in [2.24, 2.45) is 5.73 Å². The molecule has 0 aromatic carbocycles. The van der Waals surface area contributed by atoms with Crippen molar-refractivity contribution in [1.82, 2.24) is 0 Å². The normalized spacial score (nSPS) is 13.3. The highest BCUT2D eigenvalue weighted by Crippen LogP contribution is 1.99. The van der Waals surface area contributed by atoms with Crippen LogP contribution in [0.25, 0.3) is 0 Å². The second-order valence-corrected chi connectivity index (χ2v) is 2.26. The molecule has 0 rings (SSSR count). The Morgan fingerprint density at radius 3 is 2.55 bits per heavy atom. The van der Waals surface area contributed by atoms with Crippen molar-refractivity contribution in [1.29, 1.82) is 0 Å². The molecule has 0 fully saturated rings. The van der Waals surface area contributed by atoms with Gasteiger partial charge in [0.1, 0.15) is 0 Å². The molecule has 0 atom stereocenters. The molecule has 11 heavy (non-hydrogen) atoms. The minimum atomic E-state index is -0.895. The molecule has 0 aliphatic heterocycles. The quantitative estimate of drug-likeness (QED) is 0.603. The number of allylic oxidation sites excluding steroid dienone is 2. The first kappa shape index (κ1) is 9.75. The summed E-state index contributed by atoms with van der Waals surface area (Å²) >= 11 is 0. The second kappa shape index (κ2) is 4.55. The third kappa shape index (κ3) is 4.19.